The van der Waals surface area contributed by atoms with E-state index in [1.807, 2.05) is 49.4 Å². The quantitative estimate of drug-likeness (QED) is 0.237. The van der Waals surface area contributed by atoms with Crippen LogP contribution in [-0.2, 0) is 13.0 Å². The van der Waals surface area contributed by atoms with Crippen LogP contribution in [0.4, 0.5) is 0 Å². The fourth-order valence-electron chi connectivity index (χ4n) is 2.95. The Balaban J connectivity index is 0.00000512. The second-order valence-electron chi connectivity index (χ2n) is 7.27. The second-order valence-corrected chi connectivity index (χ2v) is 7.27. The third kappa shape index (κ3) is 8.57. The van der Waals surface area contributed by atoms with E-state index in [1.165, 1.54) is 0 Å². The number of halogens is 1. The Labute approximate surface area is 208 Å². The van der Waals surface area contributed by atoms with Gasteiger partial charge in [0.2, 0.25) is 0 Å². The molecule has 2 aromatic carbocycles. The number of ether oxygens (including phenoxy) is 2. The van der Waals surface area contributed by atoms with Crippen LogP contribution >= 0.6 is 24.0 Å². The average molecular weight is 554 g/mol. The molecule has 32 heavy (non-hydrogen) atoms. The van der Waals surface area contributed by atoms with Crippen molar-refractivity contribution in [3.63, 3.8) is 0 Å². The van der Waals surface area contributed by atoms with Crippen molar-refractivity contribution in [1.82, 2.24) is 16.0 Å². The van der Waals surface area contributed by atoms with E-state index < -0.39 is 0 Å². The Kier molecular flexibility index (Phi) is 12.5. The first-order valence-corrected chi connectivity index (χ1v) is 10.6. The molecule has 1 unspecified atom stereocenters. The van der Waals surface area contributed by atoms with E-state index in [2.05, 4.69) is 27.9 Å². The minimum absolute atomic E-state index is 0. The zero-order valence-corrected chi connectivity index (χ0v) is 21.9. The van der Waals surface area contributed by atoms with Crippen molar-refractivity contribution in [2.75, 3.05) is 27.8 Å². The van der Waals surface area contributed by atoms with Crippen molar-refractivity contribution in [1.29, 1.82) is 0 Å². The number of methoxy groups -OCH3 is 2. The summed E-state index contributed by atoms with van der Waals surface area (Å²) in [4.78, 5) is 16.4. The van der Waals surface area contributed by atoms with E-state index in [1.54, 1.807) is 21.3 Å². The van der Waals surface area contributed by atoms with Crippen LogP contribution in [0.25, 0.3) is 0 Å². The molecule has 0 radical (unpaired) electrons. The average Bonchev–Trinajstić information content (AvgIpc) is 2.81. The number of carbonyl (C=O) groups excluding carboxylic acids is 1. The largest absolute Gasteiger partial charge is 0.493 e. The van der Waals surface area contributed by atoms with Gasteiger partial charge in [-0.2, -0.15) is 0 Å². The smallest absolute Gasteiger partial charge is 0.251 e. The van der Waals surface area contributed by atoms with Gasteiger partial charge in [-0.25, -0.2) is 0 Å². The monoisotopic (exact) mass is 554 g/mol. The van der Waals surface area contributed by atoms with Crippen molar-refractivity contribution in [2.45, 2.75) is 39.3 Å². The highest BCUT2D eigenvalue weighted by Crippen LogP contribution is 2.27. The van der Waals surface area contributed by atoms with E-state index in [-0.39, 0.29) is 35.9 Å². The molecule has 0 aliphatic heterocycles. The zero-order valence-electron chi connectivity index (χ0n) is 19.5. The molecule has 0 aliphatic rings. The number of carbonyl (C=O) groups is 1. The normalized spacial score (nSPS) is 11.7. The van der Waals surface area contributed by atoms with E-state index >= 15 is 0 Å². The number of benzene rings is 2. The third-order valence-corrected chi connectivity index (χ3v) is 5.04. The van der Waals surface area contributed by atoms with Gasteiger partial charge in [-0.3, -0.25) is 9.79 Å². The molecule has 0 heterocycles. The van der Waals surface area contributed by atoms with Crippen LogP contribution in [0.1, 0.15) is 41.8 Å². The maximum Gasteiger partial charge on any atom is 0.251 e. The summed E-state index contributed by atoms with van der Waals surface area (Å²) in [5.41, 5.74) is 2.89. The van der Waals surface area contributed by atoms with Crippen molar-refractivity contribution >= 4 is 35.8 Å². The van der Waals surface area contributed by atoms with Crippen LogP contribution in [0.5, 0.6) is 11.5 Å². The predicted molar refractivity (Wildman–Crippen MR) is 141 cm³/mol. The lowest BCUT2D eigenvalue weighted by atomic mass is 10.1. The number of nitrogens with one attached hydrogen (secondary N) is 3. The molecule has 0 fully saturated rings. The molecule has 2 rings (SSSR count). The molecule has 176 valence electrons. The van der Waals surface area contributed by atoms with Crippen LogP contribution < -0.4 is 25.4 Å². The van der Waals surface area contributed by atoms with Gasteiger partial charge in [0, 0.05) is 31.7 Å². The van der Waals surface area contributed by atoms with E-state index in [0.29, 0.717) is 12.1 Å². The van der Waals surface area contributed by atoms with Gasteiger partial charge in [0.15, 0.2) is 17.5 Å². The maximum absolute atomic E-state index is 12.2. The molecule has 7 nitrogen and oxygen atoms in total. The van der Waals surface area contributed by atoms with Crippen molar-refractivity contribution in [2.24, 2.45) is 4.99 Å². The summed E-state index contributed by atoms with van der Waals surface area (Å²) < 4.78 is 10.6. The maximum atomic E-state index is 12.2. The van der Waals surface area contributed by atoms with Crippen LogP contribution in [0.3, 0.4) is 0 Å². The molecule has 8 heteroatoms. The SMILES string of the molecule is CCC(C)NC(=O)c1ccc(CNC(=NC)NCCc2ccc(OC)c(OC)c2)cc1.I. The van der Waals surface area contributed by atoms with Gasteiger partial charge in [0.1, 0.15) is 0 Å². The number of amides is 1. The van der Waals surface area contributed by atoms with E-state index in [9.17, 15) is 4.79 Å². The topological polar surface area (TPSA) is 84.0 Å². The number of hydrogen-bond donors (Lipinski definition) is 3. The van der Waals surface area contributed by atoms with Gasteiger partial charge in [-0.15, -0.1) is 24.0 Å². The standard InChI is InChI=1S/C24H34N4O3.HI/c1-6-17(2)28-23(29)20-10-7-19(8-11-20)16-27-24(25-3)26-14-13-18-9-12-21(30-4)22(15-18)31-5;/h7-12,15,17H,6,13-14,16H2,1-5H3,(H,28,29)(H2,25,26,27);1H. The zero-order chi connectivity index (χ0) is 22.6. The number of aliphatic imine (C=N–C) groups is 1. The molecule has 1 amide bonds. The molecule has 0 aromatic heterocycles. The molecule has 0 bridgehead atoms. The summed E-state index contributed by atoms with van der Waals surface area (Å²) in [6.45, 7) is 5.39. The third-order valence-electron chi connectivity index (χ3n) is 5.04. The highest BCUT2D eigenvalue weighted by molar-refractivity contribution is 14.0. The first-order valence-electron chi connectivity index (χ1n) is 10.6. The lowest BCUT2D eigenvalue weighted by molar-refractivity contribution is 0.0939. The number of rotatable bonds is 10. The van der Waals surface area contributed by atoms with E-state index in [4.69, 9.17) is 9.47 Å². The first kappa shape index (κ1) is 27.5. The van der Waals surface area contributed by atoms with Gasteiger partial charge in [-0.1, -0.05) is 25.1 Å². The molecule has 0 aliphatic carbocycles. The molecule has 3 N–H and O–H groups in total. The fraction of sp³-hybridized carbons (Fsp3) is 0.417. The highest BCUT2D eigenvalue weighted by Gasteiger charge is 2.08. The van der Waals surface area contributed by atoms with Crippen LogP contribution in [0, 0.1) is 0 Å². The van der Waals surface area contributed by atoms with Crippen LogP contribution in [0.15, 0.2) is 47.5 Å². The Morgan fingerprint density at radius 2 is 1.66 bits per heavy atom. The van der Waals surface area contributed by atoms with Gasteiger partial charge < -0.3 is 25.4 Å². The predicted octanol–water partition coefficient (Wildman–Crippen LogP) is 3.76. The van der Waals surface area contributed by atoms with Gasteiger partial charge in [0.05, 0.1) is 14.2 Å². The fourth-order valence-corrected chi connectivity index (χ4v) is 2.95. The molecule has 0 saturated carbocycles. The molecule has 1 atom stereocenters. The van der Waals surface area contributed by atoms with Crippen LogP contribution in [-0.4, -0.2) is 45.7 Å². The minimum Gasteiger partial charge on any atom is -0.493 e. The van der Waals surface area contributed by atoms with Gasteiger partial charge >= 0.3 is 0 Å². The van der Waals surface area contributed by atoms with Crippen LogP contribution in [0.2, 0.25) is 0 Å². The number of guanidine groups is 1. The van der Waals surface area contributed by atoms with Crippen molar-refractivity contribution in [3.8, 4) is 11.5 Å². The highest BCUT2D eigenvalue weighted by atomic mass is 127. The summed E-state index contributed by atoms with van der Waals surface area (Å²) >= 11 is 0. The Morgan fingerprint density at radius 3 is 2.25 bits per heavy atom. The number of nitrogens with zero attached hydrogens (tertiary/aromatic N) is 1. The van der Waals surface area contributed by atoms with Crippen molar-refractivity contribution in [3.05, 3.63) is 59.2 Å². The Morgan fingerprint density at radius 1 is 1.00 bits per heavy atom. The molecule has 0 saturated heterocycles. The molecular weight excluding hydrogens is 519 g/mol. The Bertz CT molecular complexity index is 872. The summed E-state index contributed by atoms with van der Waals surface area (Å²) in [5.74, 6) is 2.13. The Hall–Kier alpha value is -2.49. The van der Waals surface area contributed by atoms with Gasteiger partial charge in [-0.05, 0) is 55.2 Å². The summed E-state index contributed by atoms with van der Waals surface area (Å²) in [5, 5.41) is 9.59. The summed E-state index contributed by atoms with van der Waals surface area (Å²) in [6, 6.07) is 13.7. The van der Waals surface area contributed by atoms with E-state index in [0.717, 1.165) is 48.0 Å². The number of hydrogen-bond acceptors (Lipinski definition) is 4. The second kappa shape index (κ2) is 14.5. The minimum atomic E-state index is -0.0403. The lowest BCUT2D eigenvalue weighted by Crippen LogP contribution is -2.37. The lowest BCUT2D eigenvalue weighted by Gasteiger charge is -2.14. The molecular formula is C24H35IN4O3. The first-order chi connectivity index (χ1) is 15.0. The van der Waals surface area contributed by atoms with Crippen molar-refractivity contribution < 1.29 is 14.3 Å². The summed E-state index contributed by atoms with van der Waals surface area (Å²) in [7, 11) is 5.01. The molecule has 0 spiro atoms. The van der Waals surface area contributed by atoms with Gasteiger partial charge in [0.25, 0.3) is 5.91 Å². The summed E-state index contributed by atoms with van der Waals surface area (Å²) in [6.07, 6.45) is 1.73. The molecule has 2 aromatic rings.